The Balaban J connectivity index is 2.19. The predicted octanol–water partition coefficient (Wildman–Crippen LogP) is 2.90. The van der Waals surface area contributed by atoms with Crippen LogP contribution in [0.3, 0.4) is 0 Å². The highest BCUT2D eigenvalue weighted by atomic mass is 32.1. The van der Waals surface area contributed by atoms with E-state index in [0.717, 1.165) is 5.69 Å². The zero-order valence-electron chi connectivity index (χ0n) is 9.97. The molecule has 0 saturated heterocycles. The second kappa shape index (κ2) is 5.19. The molecule has 3 nitrogen and oxygen atoms in total. The number of rotatable bonds is 4. The van der Waals surface area contributed by atoms with E-state index in [2.05, 4.69) is 17.5 Å². The van der Waals surface area contributed by atoms with Gasteiger partial charge < -0.3 is 9.64 Å². The molecule has 4 heteroatoms. The summed E-state index contributed by atoms with van der Waals surface area (Å²) in [5.74, 6) is -0.190. The lowest BCUT2D eigenvalue weighted by atomic mass is 10.2. The molecular formula is C13H15NO2S. The van der Waals surface area contributed by atoms with Gasteiger partial charge in [0, 0.05) is 22.5 Å². The average molecular weight is 249 g/mol. The van der Waals surface area contributed by atoms with E-state index in [9.17, 15) is 4.79 Å². The van der Waals surface area contributed by atoms with Gasteiger partial charge in [-0.3, -0.25) is 4.79 Å². The van der Waals surface area contributed by atoms with Crippen molar-refractivity contribution < 1.29 is 9.53 Å². The summed E-state index contributed by atoms with van der Waals surface area (Å²) in [5, 5.41) is 3.26. The van der Waals surface area contributed by atoms with E-state index < -0.39 is 0 Å². The topological polar surface area (TPSA) is 29.5 Å². The lowest BCUT2D eigenvalue weighted by molar-refractivity contribution is -0.141. The third-order valence-corrected chi connectivity index (χ3v) is 3.49. The number of carbonyl (C=O) groups is 1. The normalized spacial score (nSPS) is 10.5. The van der Waals surface area contributed by atoms with Crippen LogP contribution in [0.15, 0.2) is 29.6 Å². The second-order valence-corrected chi connectivity index (χ2v) is 4.69. The summed E-state index contributed by atoms with van der Waals surface area (Å²) >= 11 is 1.69. The van der Waals surface area contributed by atoms with Gasteiger partial charge >= 0.3 is 5.97 Å². The van der Waals surface area contributed by atoms with Crippen LogP contribution in [-0.2, 0) is 9.53 Å². The minimum absolute atomic E-state index is 0.190. The van der Waals surface area contributed by atoms with Crippen molar-refractivity contribution in [3.63, 3.8) is 0 Å². The van der Waals surface area contributed by atoms with Gasteiger partial charge in [-0.05, 0) is 13.0 Å². The zero-order valence-corrected chi connectivity index (χ0v) is 10.8. The number of thiophene rings is 1. The second-order valence-electron chi connectivity index (χ2n) is 3.78. The number of likely N-dealkylation sites (N-methyl/N-ethyl adjacent to an activating group) is 1. The monoisotopic (exact) mass is 249 g/mol. The molecule has 1 aromatic carbocycles. The molecule has 0 radical (unpaired) electrons. The van der Waals surface area contributed by atoms with Gasteiger partial charge in [-0.25, -0.2) is 0 Å². The van der Waals surface area contributed by atoms with Crippen LogP contribution >= 0.6 is 11.3 Å². The van der Waals surface area contributed by atoms with Crippen LogP contribution in [0.2, 0.25) is 0 Å². The SMILES string of the molecule is CCOC(=O)CN(C)c1csc2ccccc12. The van der Waals surface area contributed by atoms with Crippen molar-refractivity contribution in [1.29, 1.82) is 0 Å². The smallest absolute Gasteiger partial charge is 0.325 e. The lowest BCUT2D eigenvalue weighted by Crippen LogP contribution is -2.26. The Bertz CT molecular complexity index is 521. The van der Waals surface area contributed by atoms with Crippen molar-refractivity contribution in [2.45, 2.75) is 6.92 Å². The van der Waals surface area contributed by atoms with Crippen LogP contribution in [0.4, 0.5) is 5.69 Å². The number of hydrogen-bond acceptors (Lipinski definition) is 4. The number of ether oxygens (including phenoxy) is 1. The van der Waals surface area contributed by atoms with Gasteiger partial charge in [-0.1, -0.05) is 18.2 Å². The molecule has 0 aliphatic carbocycles. The van der Waals surface area contributed by atoms with E-state index in [1.807, 2.05) is 31.0 Å². The van der Waals surface area contributed by atoms with Crippen LogP contribution in [0.1, 0.15) is 6.92 Å². The zero-order chi connectivity index (χ0) is 12.3. The Kier molecular flexibility index (Phi) is 3.64. The molecule has 0 bridgehead atoms. The minimum Gasteiger partial charge on any atom is -0.465 e. The number of esters is 1. The first-order valence-corrected chi connectivity index (χ1v) is 6.43. The first kappa shape index (κ1) is 11.9. The summed E-state index contributed by atoms with van der Waals surface area (Å²) in [7, 11) is 1.91. The summed E-state index contributed by atoms with van der Waals surface area (Å²) in [6, 6.07) is 8.19. The van der Waals surface area contributed by atoms with E-state index in [0.29, 0.717) is 6.61 Å². The molecule has 0 aliphatic rings. The van der Waals surface area contributed by atoms with Crippen LogP contribution in [0.25, 0.3) is 10.1 Å². The molecule has 0 spiro atoms. The van der Waals surface area contributed by atoms with Crippen molar-refractivity contribution in [3.8, 4) is 0 Å². The summed E-state index contributed by atoms with van der Waals surface area (Å²) in [6.07, 6.45) is 0. The number of fused-ring (bicyclic) bond motifs is 1. The average Bonchev–Trinajstić information content (AvgIpc) is 2.72. The van der Waals surface area contributed by atoms with E-state index >= 15 is 0 Å². The van der Waals surface area contributed by atoms with Crippen molar-refractivity contribution >= 4 is 33.1 Å². The molecular weight excluding hydrogens is 234 g/mol. The maximum atomic E-state index is 11.4. The quantitative estimate of drug-likeness (QED) is 0.780. The van der Waals surface area contributed by atoms with Crippen molar-refractivity contribution in [1.82, 2.24) is 0 Å². The minimum atomic E-state index is -0.190. The van der Waals surface area contributed by atoms with Crippen LogP contribution < -0.4 is 4.90 Å². The first-order valence-electron chi connectivity index (χ1n) is 5.55. The molecule has 17 heavy (non-hydrogen) atoms. The molecule has 2 rings (SSSR count). The largest absolute Gasteiger partial charge is 0.465 e. The molecule has 0 aliphatic heterocycles. The summed E-state index contributed by atoms with van der Waals surface area (Å²) in [5.41, 5.74) is 1.08. The molecule has 0 N–H and O–H groups in total. The van der Waals surface area contributed by atoms with Gasteiger partial charge in [0.1, 0.15) is 6.54 Å². The van der Waals surface area contributed by atoms with Crippen LogP contribution in [0, 0.1) is 0 Å². The predicted molar refractivity (Wildman–Crippen MR) is 71.7 cm³/mol. The highest BCUT2D eigenvalue weighted by Crippen LogP contribution is 2.31. The summed E-state index contributed by atoms with van der Waals surface area (Å²) < 4.78 is 6.18. The Morgan fingerprint density at radius 2 is 2.18 bits per heavy atom. The Morgan fingerprint density at radius 3 is 2.94 bits per heavy atom. The highest BCUT2D eigenvalue weighted by molar-refractivity contribution is 7.17. The first-order chi connectivity index (χ1) is 8.22. The number of carbonyl (C=O) groups excluding carboxylic acids is 1. The molecule has 0 fully saturated rings. The number of nitrogens with zero attached hydrogens (tertiary/aromatic N) is 1. The van der Waals surface area contributed by atoms with Crippen molar-refractivity contribution in [3.05, 3.63) is 29.6 Å². The van der Waals surface area contributed by atoms with Gasteiger partial charge in [0.2, 0.25) is 0 Å². The van der Waals surface area contributed by atoms with Gasteiger partial charge in [0.15, 0.2) is 0 Å². The van der Waals surface area contributed by atoms with Gasteiger partial charge in [0.25, 0.3) is 0 Å². The number of anilines is 1. The molecule has 1 heterocycles. The third-order valence-electron chi connectivity index (χ3n) is 2.54. The lowest BCUT2D eigenvalue weighted by Gasteiger charge is -2.17. The molecule has 90 valence electrons. The van der Waals surface area contributed by atoms with Gasteiger partial charge in [0.05, 0.1) is 12.3 Å². The van der Waals surface area contributed by atoms with Crippen LogP contribution in [0.5, 0.6) is 0 Å². The number of hydrogen-bond donors (Lipinski definition) is 0. The Hall–Kier alpha value is -1.55. The van der Waals surface area contributed by atoms with Crippen LogP contribution in [-0.4, -0.2) is 26.2 Å². The molecule has 0 saturated carbocycles. The maximum absolute atomic E-state index is 11.4. The summed E-state index contributed by atoms with van der Waals surface area (Å²) in [6.45, 7) is 2.53. The fourth-order valence-corrected chi connectivity index (χ4v) is 2.75. The summed E-state index contributed by atoms with van der Waals surface area (Å²) in [4.78, 5) is 13.4. The van der Waals surface area contributed by atoms with Crippen molar-refractivity contribution in [2.75, 3.05) is 25.1 Å². The highest BCUT2D eigenvalue weighted by Gasteiger charge is 2.11. The molecule has 0 atom stereocenters. The van der Waals surface area contributed by atoms with Crippen molar-refractivity contribution in [2.24, 2.45) is 0 Å². The van der Waals surface area contributed by atoms with Gasteiger partial charge in [-0.2, -0.15) is 0 Å². The van der Waals surface area contributed by atoms with E-state index in [4.69, 9.17) is 4.74 Å². The standard InChI is InChI=1S/C13H15NO2S/c1-3-16-13(15)8-14(2)11-9-17-12-7-5-4-6-10(11)12/h4-7,9H,3,8H2,1-2H3. The van der Waals surface area contributed by atoms with E-state index in [1.165, 1.54) is 10.1 Å². The van der Waals surface area contributed by atoms with E-state index in [1.54, 1.807) is 11.3 Å². The maximum Gasteiger partial charge on any atom is 0.325 e. The fourth-order valence-electron chi connectivity index (χ4n) is 1.74. The molecule has 1 aromatic heterocycles. The Morgan fingerprint density at radius 1 is 1.41 bits per heavy atom. The van der Waals surface area contributed by atoms with Gasteiger partial charge in [-0.15, -0.1) is 11.3 Å². The third kappa shape index (κ3) is 2.58. The number of benzene rings is 1. The van der Waals surface area contributed by atoms with E-state index in [-0.39, 0.29) is 12.5 Å². The fraction of sp³-hybridized carbons (Fsp3) is 0.308. The molecule has 0 amide bonds. The molecule has 2 aromatic rings. The molecule has 0 unspecified atom stereocenters. The Labute approximate surface area is 105 Å².